The van der Waals surface area contributed by atoms with Crippen molar-refractivity contribution in [2.24, 2.45) is 0 Å². The molecule has 1 heterocycles. The zero-order valence-electron chi connectivity index (χ0n) is 17.3. The fourth-order valence-corrected chi connectivity index (χ4v) is 3.62. The predicted molar refractivity (Wildman–Crippen MR) is 118 cm³/mol. The monoisotopic (exact) mass is 401 g/mol. The van der Waals surface area contributed by atoms with E-state index < -0.39 is 0 Å². The molecule has 0 radical (unpaired) electrons. The molecule has 30 heavy (non-hydrogen) atoms. The van der Waals surface area contributed by atoms with Crippen LogP contribution in [0, 0.1) is 6.92 Å². The van der Waals surface area contributed by atoms with Crippen molar-refractivity contribution >= 4 is 5.91 Å². The second-order valence-electron chi connectivity index (χ2n) is 7.67. The van der Waals surface area contributed by atoms with Crippen molar-refractivity contribution in [3.63, 3.8) is 0 Å². The lowest BCUT2D eigenvalue weighted by molar-refractivity contribution is 0.0934. The maximum Gasteiger partial charge on any atom is 0.251 e. The second kappa shape index (κ2) is 9.49. The molecule has 0 aliphatic carbocycles. The van der Waals surface area contributed by atoms with Crippen LogP contribution in [0.25, 0.3) is 0 Å². The van der Waals surface area contributed by atoms with Gasteiger partial charge in [-0.2, -0.15) is 0 Å². The van der Waals surface area contributed by atoms with Crippen molar-refractivity contribution in [3.8, 4) is 11.5 Å². The first-order chi connectivity index (χ1) is 14.7. The quantitative estimate of drug-likeness (QED) is 0.613. The number of fused-ring (bicyclic) bond motifs is 1. The van der Waals surface area contributed by atoms with Crippen molar-refractivity contribution in [1.82, 2.24) is 5.32 Å². The molecule has 4 heteroatoms. The first-order valence-electron chi connectivity index (χ1n) is 10.5. The van der Waals surface area contributed by atoms with Gasteiger partial charge in [-0.05, 0) is 55.2 Å². The van der Waals surface area contributed by atoms with Crippen LogP contribution in [-0.2, 0) is 6.42 Å². The molecule has 1 aliphatic heterocycles. The zero-order chi connectivity index (χ0) is 20.8. The van der Waals surface area contributed by atoms with Crippen LogP contribution >= 0.6 is 0 Å². The highest BCUT2D eigenvalue weighted by Crippen LogP contribution is 2.33. The summed E-state index contributed by atoms with van der Waals surface area (Å²) < 4.78 is 11.6. The van der Waals surface area contributed by atoms with Crippen molar-refractivity contribution < 1.29 is 14.3 Å². The third kappa shape index (κ3) is 5.01. The van der Waals surface area contributed by atoms with Gasteiger partial charge in [0.2, 0.25) is 0 Å². The lowest BCUT2D eigenvalue weighted by Gasteiger charge is -2.21. The molecule has 4 nitrogen and oxygen atoms in total. The molecule has 154 valence electrons. The normalized spacial score (nSPS) is 13.9. The molecule has 0 spiro atoms. The van der Waals surface area contributed by atoms with Gasteiger partial charge in [0.15, 0.2) is 11.5 Å². The number of hydrogen-bond donors (Lipinski definition) is 1. The van der Waals surface area contributed by atoms with Gasteiger partial charge in [0, 0.05) is 12.0 Å². The molecule has 0 fully saturated rings. The lowest BCUT2D eigenvalue weighted by atomic mass is 9.98. The number of nitrogens with one attached hydrogen (secondary N) is 1. The van der Waals surface area contributed by atoms with Gasteiger partial charge in [0.05, 0.1) is 19.3 Å². The number of aryl methyl sites for hydroxylation is 2. The third-order valence-corrected chi connectivity index (χ3v) is 5.36. The molecule has 1 unspecified atom stereocenters. The maximum absolute atomic E-state index is 12.9. The largest absolute Gasteiger partial charge is 0.490 e. The molecule has 0 bridgehead atoms. The fourth-order valence-electron chi connectivity index (χ4n) is 3.62. The average molecular weight is 402 g/mol. The number of rotatable bonds is 6. The van der Waals surface area contributed by atoms with E-state index in [-0.39, 0.29) is 11.9 Å². The minimum absolute atomic E-state index is 0.0693. The molecule has 1 amide bonds. The van der Waals surface area contributed by atoms with Crippen LogP contribution < -0.4 is 14.8 Å². The van der Waals surface area contributed by atoms with E-state index in [0.717, 1.165) is 41.9 Å². The molecule has 0 saturated carbocycles. The van der Waals surface area contributed by atoms with E-state index in [2.05, 4.69) is 17.4 Å². The number of carbonyl (C=O) groups is 1. The van der Waals surface area contributed by atoms with E-state index in [1.54, 1.807) is 0 Å². The molecule has 1 N–H and O–H groups in total. The molecule has 3 aromatic rings. The van der Waals surface area contributed by atoms with Crippen molar-refractivity contribution in [2.75, 3.05) is 13.2 Å². The Labute approximate surface area is 177 Å². The van der Waals surface area contributed by atoms with E-state index in [1.165, 1.54) is 5.56 Å². The summed E-state index contributed by atoms with van der Waals surface area (Å²) in [7, 11) is 0. The van der Waals surface area contributed by atoms with Crippen LogP contribution in [-0.4, -0.2) is 19.1 Å². The van der Waals surface area contributed by atoms with Gasteiger partial charge in [-0.1, -0.05) is 54.1 Å². The fraction of sp³-hybridized carbons (Fsp3) is 0.269. The summed E-state index contributed by atoms with van der Waals surface area (Å²) in [4.78, 5) is 12.9. The Balaban J connectivity index is 1.57. The van der Waals surface area contributed by atoms with Crippen LogP contribution in [0.5, 0.6) is 11.5 Å². The SMILES string of the molecule is Cc1ccc(C(=O)NC(CCc2ccccc2)c2ccc3c(c2)OCCCO3)cc1. The van der Waals surface area contributed by atoms with Gasteiger partial charge >= 0.3 is 0 Å². The van der Waals surface area contributed by atoms with Gasteiger partial charge in [-0.15, -0.1) is 0 Å². The van der Waals surface area contributed by atoms with Crippen LogP contribution in [0.1, 0.15) is 45.9 Å². The van der Waals surface area contributed by atoms with Crippen LogP contribution in [0.2, 0.25) is 0 Å². The van der Waals surface area contributed by atoms with Crippen molar-refractivity contribution in [1.29, 1.82) is 0 Å². The Morgan fingerprint density at radius 2 is 1.67 bits per heavy atom. The first kappa shape index (κ1) is 20.0. The Bertz CT molecular complexity index is 983. The van der Waals surface area contributed by atoms with E-state index in [4.69, 9.17) is 9.47 Å². The van der Waals surface area contributed by atoms with Gasteiger partial charge in [-0.3, -0.25) is 4.79 Å². The topological polar surface area (TPSA) is 47.6 Å². The van der Waals surface area contributed by atoms with Crippen LogP contribution in [0.3, 0.4) is 0 Å². The summed E-state index contributed by atoms with van der Waals surface area (Å²) in [5, 5.41) is 3.23. The maximum atomic E-state index is 12.9. The standard InChI is InChI=1S/C26H27NO3/c1-19-8-11-21(12-9-19)26(28)27-23(14-10-20-6-3-2-4-7-20)22-13-15-24-25(18-22)30-17-5-16-29-24/h2-4,6-9,11-13,15,18,23H,5,10,14,16-17H2,1H3,(H,27,28). The molecule has 3 aromatic carbocycles. The third-order valence-electron chi connectivity index (χ3n) is 5.36. The second-order valence-corrected chi connectivity index (χ2v) is 7.67. The number of ether oxygens (including phenoxy) is 2. The molecule has 0 saturated heterocycles. The van der Waals surface area contributed by atoms with Crippen molar-refractivity contribution in [3.05, 3.63) is 95.1 Å². The Kier molecular flexibility index (Phi) is 6.33. The molecule has 1 aliphatic rings. The predicted octanol–water partition coefficient (Wildman–Crippen LogP) is 5.26. The van der Waals surface area contributed by atoms with Crippen molar-refractivity contribution in [2.45, 2.75) is 32.2 Å². The Hall–Kier alpha value is -3.27. The lowest BCUT2D eigenvalue weighted by Crippen LogP contribution is -2.29. The average Bonchev–Trinajstić information content (AvgIpc) is 3.02. The summed E-state index contributed by atoms with van der Waals surface area (Å²) in [5.74, 6) is 1.45. The van der Waals surface area contributed by atoms with E-state index in [0.29, 0.717) is 18.8 Å². The van der Waals surface area contributed by atoms with Gasteiger partial charge in [0.1, 0.15) is 0 Å². The number of hydrogen-bond acceptors (Lipinski definition) is 3. The smallest absolute Gasteiger partial charge is 0.251 e. The summed E-state index contributed by atoms with van der Waals surface area (Å²) in [6.07, 6.45) is 2.53. The zero-order valence-corrected chi connectivity index (χ0v) is 17.3. The van der Waals surface area contributed by atoms with E-state index >= 15 is 0 Å². The summed E-state index contributed by atoms with van der Waals surface area (Å²) in [5.41, 5.74) is 4.08. The Morgan fingerprint density at radius 1 is 0.933 bits per heavy atom. The summed E-state index contributed by atoms with van der Waals surface area (Å²) >= 11 is 0. The minimum atomic E-state index is -0.129. The summed E-state index contributed by atoms with van der Waals surface area (Å²) in [6.45, 7) is 3.32. The van der Waals surface area contributed by atoms with Crippen LogP contribution in [0.4, 0.5) is 0 Å². The van der Waals surface area contributed by atoms with E-state index in [1.807, 2.05) is 67.6 Å². The minimum Gasteiger partial charge on any atom is -0.490 e. The number of amides is 1. The molecule has 4 rings (SSSR count). The molecule has 0 aromatic heterocycles. The first-order valence-corrected chi connectivity index (χ1v) is 10.5. The number of carbonyl (C=O) groups excluding carboxylic acids is 1. The molecule has 1 atom stereocenters. The highest BCUT2D eigenvalue weighted by atomic mass is 16.5. The van der Waals surface area contributed by atoms with Gasteiger partial charge in [-0.25, -0.2) is 0 Å². The van der Waals surface area contributed by atoms with Gasteiger partial charge in [0.25, 0.3) is 5.91 Å². The molecular weight excluding hydrogens is 374 g/mol. The molecular formula is C26H27NO3. The Morgan fingerprint density at radius 3 is 2.43 bits per heavy atom. The highest BCUT2D eigenvalue weighted by Gasteiger charge is 2.19. The van der Waals surface area contributed by atoms with Crippen LogP contribution in [0.15, 0.2) is 72.8 Å². The highest BCUT2D eigenvalue weighted by molar-refractivity contribution is 5.94. The number of benzene rings is 3. The summed E-state index contributed by atoms with van der Waals surface area (Å²) in [6, 6.07) is 23.8. The van der Waals surface area contributed by atoms with Gasteiger partial charge < -0.3 is 14.8 Å². The van der Waals surface area contributed by atoms with E-state index in [9.17, 15) is 4.79 Å².